The zero-order valence-corrected chi connectivity index (χ0v) is 10.5. The molecule has 8 heteroatoms. The highest BCUT2D eigenvalue weighted by molar-refractivity contribution is 9.10. The second kappa shape index (κ2) is 4.10. The van der Waals surface area contributed by atoms with Gasteiger partial charge in [0.2, 0.25) is 5.16 Å². The van der Waals surface area contributed by atoms with E-state index in [9.17, 15) is 0 Å². The van der Waals surface area contributed by atoms with E-state index < -0.39 is 0 Å². The van der Waals surface area contributed by atoms with Gasteiger partial charge in [-0.2, -0.15) is 0 Å². The van der Waals surface area contributed by atoms with E-state index in [1.165, 1.54) is 18.1 Å². The van der Waals surface area contributed by atoms with Gasteiger partial charge in [0.15, 0.2) is 0 Å². The van der Waals surface area contributed by atoms with E-state index >= 15 is 0 Å². The van der Waals surface area contributed by atoms with Crippen LogP contribution in [0.3, 0.4) is 0 Å². The minimum absolute atomic E-state index is 0.475. The van der Waals surface area contributed by atoms with E-state index in [1.54, 1.807) is 0 Å². The standard InChI is InChI=1S/C8H7BrN6S/c9-6-3-7(11-4-10-6)16-8-12-13-14-15(8)5-1-2-5/h3-5H,1-2H2. The van der Waals surface area contributed by atoms with Crippen LogP contribution in [0.15, 0.2) is 27.2 Å². The fourth-order valence-corrected chi connectivity index (χ4v) is 2.54. The molecule has 6 nitrogen and oxygen atoms in total. The average molecular weight is 299 g/mol. The van der Waals surface area contributed by atoms with Crippen molar-refractivity contribution >= 4 is 27.7 Å². The van der Waals surface area contributed by atoms with Crippen LogP contribution in [0.4, 0.5) is 0 Å². The number of rotatable bonds is 3. The largest absolute Gasteiger partial charge is 0.229 e. The Balaban J connectivity index is 1.85. The van der Waals surface area contributed by atoms with Crippen LogP contribution >= 0.6 is 27.7 Å². The first kappa shape index (κ1) is 10.2. The summed E-state index contributed by atoms with van der Waals surface area (Å²) in [5.74, 6) is 0. The van der Waals surface area contributed by atoms with Crippen LogP contribution in [-0.2, 0) is 0 Å². The van der Waals surface area contributed by atoms with E-state index in [2.05, 4.69) is 41.4 Å². The molecule has 2 heterocycles. The molecular formula is C8H7BrN6S. The summed E-state index contributed by atoms with van der Waals surface area (Å²) >= 11 is 4.75. The van der Waals surface area contributed by atoms with Crippen LogP contribution in [0.25, 0.3) is 0 Å². The van der Waals surface area contributed by atoms with Gasteiger partial charge in [0.05, 0.1) is 6.04 Å². The Hall–Kier alpha value is -1.02. The Morgan fingerprint density at radius 3 is 3.00 bits per heavy atom. The Bertz CT molecular complexity index is 511. The molecule has 0 unspecified atom stereocenters. The third-order valence-corrected chi connectivity index (χ3v) is 3.48. The molecule has 0 amide bonds. The van der Waals surface area contributed by atoms with E-state index in [1.807, 2.05) is 10.7 Å². The molecule has 2 aromatic heterocycles. The molecule has 0 bridgehead atoms. The zero-order valence-electron chi connectivity index (χ0n) is 8.12. The highest BCUT2D eigenvalue weighted by Gasteiger charge is 2.28. The lowest BCUT2D eigenvalue weighted by atomic mass is 10.7. The molecule has 0 saturated heterocycles. The molecule has 0 N–H and O–H groups in total. The van der Waals surface area contributed by atoms with Crippen LogP contribution in [0.2, 0.25) is 0 Å². The summed E-state index contributed by atoms with van der Waals surface area (Å²) in [6, 6.07) is 2.32. The van der Waals surface area contributed by atoms with Crippen molar-refractivity contribution in [2.75, 3.05) is 0 Å². The predicted molar refractivity (Wildman–Crippen MR) is 59.9 cm³/mol. The Morgan fingerprint density at radius 2 is 2.25 bits per heavy atom. The summed E-state index contributed by atoms with van der Waals surface area (Å²) in [7, 11) is 0. The second-order valence-corrected chi connectivity index (χ2v) is 5.22. The van der Waals surface area contributed by atoms with Crippen molar-refractivity contribution in [3.63, 3.8) is 0 Å². The topological polar surface area (TPSA) is 69.4 Å². The summed E-state index contributed by atoms with van der Waals surface area (Å²) in [4.78, 5) is 8.12. The van der Waals surface area contributed by atoms with Crippen molar-refractivity contribution in [1.82, 2.24) is 30.2 Å². The molecule has 0 atom stereocenters. The van der Waals surface area contributed by atoms with Gasteiger partial charge in [0.1, 0.15) is 16.0 Å². The molecule has 1 saturated carbocycles. The van der Waals surface area contributed by atoms with Gasteiger partial charge < -0.3 is 0 Å². The number of halogens is 1. The van der Waals surface area contributed by atoms with Gasteiger partial charge in [-0.3, -0.25) is 0 Å². The molecule has 0 aromatic carbocycles. The van der Waals surface area contributed by atoms with Crippen LogP contribution < -0.4 is 0 Å². The lowest BCUT2D eigenvalue weighted by molar-refractivity contribution is 0.565. The lowest BCUT2D eigenvalue weighted by Gasteiger charge is -2.00. The van der Waals surface area contributed by atoms with Crippen LogP contribution in [0.1, 0.15) is 18.9 Å². The van der Waals surface area contributed by atoms with Crippen molar-refractivity contribution in [2.24, 2.45) is 0 Å². The third-order valence-electron chi connectivity index (χ3n) is 2.16. The first-order chi connectivity index (χ1) is 7.83. The van der Waals surface area contributed by atoms with E-state index in [4.69, 9.17) is 0 Å². The number of nitrogens with zero attached hydrogens (tertiary/aromatic N) is 6. The molecule has 1 aliphatic rings. The van der Waals surface area contributed by atoms with Gasteiger partial charge >= 0.3 is 0 Å². The summed E-state index contributed by atoms with van der Waals surface area (Å²) in [6.45, 7) is 0. The van der Waals surface area contributed by atoms with E-state index in [-0.39, 0.29) is 0 Å². The fraction of sp³-hybridized carbons (Fsp3) is 0.375. The Labute approximate surface area is 104 Å². The first-order valence-corrected chi connectivity index (χ1v) is 6.37. The van der Waals surface area contributed by atoms with Gasteiger partial charge in [-0.1, -0.05) is 0 Å². The van der Waals surface area contributed by atoms with Gasteiger partial charge in [-0.25, -0.2) is 14.6 Å². The summed E-state index contributed by atoms with van der Waals surface area (Å²) in [6.07, 6.45) is 3.83. The summed E-state index contributed by atoms with van der Waals surface area (Å²) in [5.41, 5.74) is 0. The number of aromatic nitrogens is 6. The van der Waals surface area contributed by atoms with Crippen LogP contribution in [-0.4, -0.2) is 30.2 Å². The average Bonchev–Trinajstić information content (AvgIpc) is 3.00. The van der Waals surface area contributed by atoms with Crippen molar-refractivity contribution < 1.29 is 0 Å². The number of hydrogen-bond donors (Lipinski definition) is 0. The summed E-state index contributed by atoms with van der Waals surface area (Å²) < 4.78 is 2.62. The lowest BCUT2D eigenvalue weighted by Crippen LogP contribution is -1.98. The number of tetrazole rings is 1. The van der Waals surface area contributed by atoms with E-state index in [0.29, 0.717) is 6.04 Å². The molecule has 0 radical (unpaired) electrons. The zero-order chi connectivity index (χ0) is 11.0. The maximum atomic E-state index is 4.15. The minimum Gasteiger partial charge on any atom is -0.229 e. The first-order valence-electron chi connectivity index (χ1n) is 4.76. The fourth-order valence-electron chi connectivity index (χ4n) is 1.27. The second-order valence-electron chi connectivity index (χ2n) is 3.42. The van der Waals surface area contributed by atoms with Gasteiger partial charge in [0.25, 0.3) is 0 Å². The monoisotopic (exact) mass is 298 g/mol. The molecule has 1 fully saturated rings. The molecule has 1 aliphatic carbocycles. The molecular weight excluding hydrogens is 292 g/mol. The maximum Gasteiger partial charge on any atom is 0.215 e. The molecule has 2 aromatic rings. The molecule has 16 heavy (non-hydrogen) atoms. The predicted octanol–water partition coefficient (Wildman–Crippen LogP) is 1.71. The highest BCUT2D eigenvalue weighted by atomic mass is 79.9. The molecule has 0 aliphatic heterocycles. The van der Waals surface area contributed by atoms with E-state index in [0.717, 1.165) is 27.6 Å². The minimum atomic E-state index is 0.475. The SMILES string of the molecule is Brc1cc(Sc2nnnn2C2CC2)ncn1. The smallest absolute Gasteiger partial charge is 0.215 e. The van der Waals surface area contributed by atoms with Crippen LogP contribution in [0.5, 0.6) is 0 Å². The van der Waals surface area contributed by atoms with Crippen molar-refractivity contribution in [2.45, 2.75) is 29.1 Å². The molecule has 82 valence electrons. The van der Waals surface area contributed by atoms with Crippen molar-refractivity contribution in [1.29, 1.82) is 0 Å². The van der Waals surface area contributed by atoms with Crippen molar-refractivity contribution in [3.05, 3.63) is 17.0 Å². The van der Waals surface area contributed by atoms with Gasteiger partial charge in [-0.15, -0.1) is 5.10 Å². The quantitative estimate of drug-likeness (QED) is 0.804. The molecule has 0 spiro atoms. The van der Waals surface area contributed by atoms with Gasteiger partial charge in [-0.05, 0) is 51.0 Å². The Morgan fingerprint density at radius 1 is 1.38 bits per heavy atom. The molecule has 3 rings (SSSR count). The van der Waals surface area contributed by atoms with Crippen molar-refractivity contribution in [3.8, 4) is 0 Å². The third kappa shape index (κ3) is 2.07. The highest BCUT2D eigenvalue weighted by Crippen LogP contribution is 2.37. The van der Waals surface area contributed by atoms with Gasteiger partial charge in [0, 0.05) is 6.07 Å². The normalized spacial score (nSPS) is 15.3. The summed E-state index contributed by atoms with van der Waals surface area (Å²) in [5, 5.41) is 13.3. The maximum absolute atomic E-state index is 4.15. The Kier molecular flexibility index (Phi) is 2.60. The van der Waals surface area contributed by atoms with Crippen LogP contribution in [0, 0.1) is 0 Å². The number of hydrogen-bond acceptors (Lipinski definition) is 6.